The van der Waals surface area contributed by atoms with E-state index in [0.29, 0.717) is 5.92 Å². The van der Waals surface area contributed by atoms with E-state index in [1.807, 2.05) is 44.2 Å². The fourth-order valence-electron chi connectivity index (χ4n) is 5.63. The van der Waals surface area contributed by atoms with Crippen molar-refractivity contribution in [3.05, 3.63) is 35.9 Å². The Labute approximate surface area is 199 Å². The number of carbonyl (C=O) groups excluding carboxylic acids is 2. The van der Waals surface area contributed by atoms with Gasteiger partial charge < -0.3 is 14.8 Å². The van der Waals surface area contributed by atoms with Crippen LogP contribution in [0.4, 0.5) is 4.79 Å². The Bertz CT molecular complexity index is 776. The predicted molar refractivity (Wildman–Crippen MR) is 129 cm³/mol. The minimum Gasteiger partial charge on any atom is -0.444 e. The van der Waals surface area contributed by atoms with E-state index >= 15 is 0 Å². The molecule has 1 saturated carbocycles. The molecular weight excluding hydrogens is 416 g/mol. The van der Waals surface area contributed by atoms with Crippen LogP contribution in [0.5, 0.6) is 0 Å². The lowest BCUT2D eigenvalue weighted by Crippen LogP contribution is -2.51. The van der Waals surface area contributed by atoms with E-state index in [2.05, 4.69) is 19.2 Å². The minimum atomic E-state index is -0.850. The van der Waals surface area contributed by atoms with Gasteiger partial charge in [-0.15, -0.1) is 0 Å². The van der Waals surface area contributed by atoms with Crippen LogP contribution in [-0.2, 0) is 20.9 Å². The first-order valence-electron chi connectivity index (χ1n) is 12.7. The molecule has 4 atom stereocenters. The molecule has 1 aliphatic carbocycles. The zero-order valence-electron chi connectivity index (χ0n) is 21.0. The van der Waals surface area contributed by atoms with Crippen LogP contribution in [0, 0.1) is 17.8 Å². The molecule has 33 heavy (non-hydrogen) atoms. The molecule has 2 aliphatic rings. The lowest BCUT2D eigenvalue weighted by atomic mass is 9.78. The van der Waals surface area contributed by atoms with Crippen LogP contribution in [-0.4, -0.2) is 41.8 Å². The summed E-state index contributed by atoms with van der Waals surface area (Å²) in [5.41, 5.74) is 0.101. The molecule has 0 aromatic heterocycles. The standard InChI is InChI=1S/C27H42N2O4/c1-6-19(2)23(25(30)28-5)24-22(17-20-13-9-7-10-14-20)29(27(3,4)33-24)26(31)32-18-21-15-11-8-12-16-21/h8,11-12,15-16,19-20,22-24H,6-7,9-10,13-14,17-18H2,1-5H3,(H,28,30)/t19?,22-,23-,24+/m0/s1. The molecule has 2 amide bonds. The van der Waals surface area contributed by atoms with Gasteiger partial charge in [0.05, 0.1) is 18.1 Å². The van der Waals surface area contributed by atoms with Crippen LogP contribution < -0.4 is 5.32 Å². The van der Waals surface area contributed by atoms with Crippen molar-refractivity contribution in [3.63, 3.8) is 0 Å². The number of carbonyl (C=O) groups is 2. The molecule has 1 saturated heterocycles. The molecule has 0 spiro atoms. The summed E-state index contributed by atoms with van der Waals surface area (Å²) >= 11 is 0. The van der Waals surface area contributed by atoms with E-state index in [1.165, 1.54) is 32.1 Å². The van der Waals surface area contributed by atoms with Crippen molar-refractivity contribution in [2.24, 2.45) is 17.8 Å². The molecule has 3 rings (SSSR count). The SMILES string of the molecule is CCC(C)[C@H](C(=O)NC)[C@@H]1OC(C)(C)N(C(=O)OCc2ccccc2)[C@H]1CC1CCCCC1. The van der Waals surface area contributed by atoms with Gasteiger partial charge >= 0.3 is 6.09 Å². The fraction of sp³-hybridized carbons (Fsp3) is 0.704. The summed E-state index contributed by atoms with van der Waals surface area (Å²) in [6, 6.07) is 9.53. The number of ether oxygens (including phenoxy) is 2. The van der Waals surface area contributed by atoms with Crippen molar-refractivity contribution in [3.8, 4) is 0 Å². The third-order valence-electron chi connectivity index (χ3n) is 7.58. The lowest BCUT2D eigenvalue weighted by Gasteiger charge is -2.36. The van der Waals surface area contributed by atoms with Crippen molar-refractivity contribution < 1.29 is 19.1 Å². The molecule has 6 heteroatoms. The van der Waals surface area contributed by atoms with E-state index in [1.54, 1.807) is 11.9 Å². The highest BCUT2D eigenvalue weighted by atomic mass is 16.6. The summed E-state index contributed by atoms with van der Waals surface area (Å²) in [7, 11) is 1.68. The first-order valence-corrected chi connectivity index (χ1v) is 12.7. The largest absolute Gasteiger partial charge is 0.444 e. The fourth-order valence-corrected chi connectivity index (χ4v) is 5.63. The highest BCUT2D eigenvalue weighted by Crippen LogP contribution is 2.43. The molecule has 6 nitrogen and oxygen atoms in total. The predicted octanol–water partition coefficient (Wildman–Crippen LogP) is 5.51. The van der Waals surface area contributed by atoms with Crippen molar-refractivity contribution in [1.82, 2.24) is 10.2 Å². The Kier molecular flexibility index (Phi) is 8.80. The van der Waals surface area contributed by atoms with Crippen LogP contribution in [0.15, 0.2) is 30.3 Å². The minimum absolute atomic E-state index is 0.0155. The zero-order valence-corrected chi connectivity index (χ0v) is 21.0. The summed E-state index contributed by atoms with van der Waals surface area (Å²) in [5.74, 6) is 0.341. The summed E-state index contributed by atoms with van der Waals surface area (Å²) in [6.45, 7) is 8.26. The van der Waals surface area contributed by atoms with Gasteiger partial charge in [-0.2, -0.15) is 0 Å². The van der Waals surface area contributed by atoms with Crippen LogP contribution >= 0.6 is 0 Å². The Balaban J connectivity index is 1.88. The summed E-state index contributed by atoms with van der Waals surface area (Å²) in [4.78, 5) is 28.3. The molecule has 1 aromatic carbocycles. The molecular formula is C27H42N2O4. The van der Waals surface area contributed by atoms with Gasteiger partial charge in [0, 0.05) is 7.05 Å². The summed E-state index contributed by atoms with van der Waals surface area (Å²) in [6.07, 6.45) is 7.07. The molecule has 1 unspecified atom stereocenters. The van der Waals surface area contributed by atoms with Gasteiger partial charge in [0.2, 0.25) is 5.91 Å². The van der Waals surface area contributed by atoms with Gasteiger partial charge in [0.15, 0.2) is 0 Å². The molecule has 0 bridgehead atoms. The summed E-state index contributed by atoms with van der Waals surface area (Å²) < 4.78 is 12.3. The van der Waals surface area contributed by atoms with Crippen LogP contribution in [0.25, 0.3) is 0 Å². The second-order valence-electron chi connectivity index (χ2n) is 10.3. The zero-order chi connectivity index (χ0) is 24.0. The monoisotopic (exact) mass is 458 g/mol. The van der Waals surface area contributed by atoms with Crippen molar-refractivity contribution in [1.29, 1.82) is 0 Å². The third kappa shape index (κ3) is 6.08. The Morgan fingerprint density at radius 2 is 1.85 bits per heavy atom. The van der Waals surface area contributed by atoms with Gasteiger partial charge in [-0.05, 0) is 37.7 Å². The van der Waals surface area contributed by atoms with E-state index in [9.17, 15) is 9.59 Å². The normalized spacial score (nSPS) is 24.8. The molecule has 1 N–H and O–H groups in total. The molecule has 0 radical (unpaired) electrons. The number of rotatable bonds is 8. The van der Waals surface area contributed by atoms with E-state index in [0.717, 1.165) is 18.4 Å². The van der Waals surface area contributed by atoms with Gasteiger partial charge in [-0.25, -0.2) is 4.79 Å². The first kappa shape index (κ1) is 25.5. The average molecular weight is 459 g/mol. The smallest absolute Gasteiger partial charge is 0.412 e. The third-order valence-corrected chi connectivity index (χ3v) is 7.58. The number of nitrogens with one attached hydrogen (secondary N) is 1. The van der Waals surface area contributed by atoms with Crippen molar-refractivity contribution >= 4 is 12.0 Å². The van der Waals surface area contributed by atoms with Crippen LogP contribution in [0.1, 0.15) is 78.2 Å². The highest BCUT2D eigenvalue weighted by molar-refractivity contribution is 5.80. The van der Waals surface area contributed by atoms with Crippen molar-refractivity contribution in [2.45, 2.75) is 97.1 Å². The topological polar surface area (TPSA) is 67.9 Å². The lowest BCUT2D eigenvalue weighted by molar-refractivity contribution is -0.136. The molecule has 184 valence electrons. The maximum atomic E-state index is 13.5. The molecule has 1 aromatic rings. The number of hydrogen-bond acceptors (Lipinski definition) is 4. The van der Waals surface area contributed by atoms with E-state index in [4.69, 9.17) is 9.47 Å². The Morgan fingerprint density at radius 3 is 2.45 bits per heavy atom. The molecule has 1 heterocycles. The van der Waals surface area contributed by atoms with Gasteiger partial charge in [-0.3, -0.25) is 9.69 Å². The number of benzene rings is 1. The maximum absolute atomic E-state index is 13.5. The average Bonchev–Trinajstić information content (AvgIpc) is 3.08. The molecule has 1 aliphatic heterocycles. The van der Waals surface area contributed by atoms with Crippen LogP contribution in [0.3, 0.4) is 0 Å². The second-order valence-corrected chi connectivity index (χ2v) is 10.3. The number of nitrogens with zero attached hydrogens (tertiary/aromatic N) is 1. The van der Waals surface area contributed by atoms with Gasteiger partial charge in [0.25, 0.3) is 0 Å². The van der Waals surface area contributed by atoms with E-state index < -0.39 is 5.72 Å². The highest BCUT2D eigenvalue weighted by Gasteiger charge is 2.55. The van der Waals surface area contributed by atoms with Gasteiger partial charge in [0.1, 0.15) is 12.3 Å². The quantitative estimate of drug-likeness (QED) is 0.558. The first-order chi connectivity index (χ1) is 15.8. The maximum Gasteiger partial charge on any atom is 0.412 e. The van der Waals surface area contributed by atoms with Crippen LogP contribution in [0.2, 0.25) is 0 Å². The number of hydrogen-bond donors (Lipinski definition) is 1. The van der Waals surface area contributed by atoms with Gasteiger partial charge in [-0.1, -0.05) is 82.7 Å². The summed E-state index contributed by atoms with van der Waals surface area (Å²) in [5, 5.41) is 2.85. The Hall–Kier alpha value is -2.08. The van der Waals surface area contributed by atoms with E-state index in [-0.39, 0.29) is 42.6 Å². The molecule has 2 fully saturated rings. The Morgan fingerprint density at radius 1 is 1.18 bits per heavy atom. The number of amides is 2. The second kappa shape index (κ2) is 11.4. The van der Waals surface area contributed by atoms with Crippen molar-refractivity contribution in [2.75, 3.05) is 7.05 Å².